The van der Waals surface area contributed by atoms with Crippen LogP contribution in [0.25, 0.3) is 11.2 Å². The van der Waals surface area contributed by atoms with E-state index in [2.05, 4.69) is 21.0 Å². The molecule has 4 atom stereocenters. The van der Waals surface area contributed by atoms with Crippen LogP contribution in [0.4, 0.5) is 5.82 Å². The highest BCUT2D eigenvalue weighted by molar-refractivity contribution is 5.84. The van der Waals surface area contributed by atoms with Crippen molar-refractivity contribution in [3.8, 4) is 0 Å². The summed E-state index contributed by atoms with van der Waals surface area (Å²) in [7, 11) is 0. The molecule has 0 saturated carbocycles. The molecule has 2 aliphatic rings. The SMILES string of the molecule is C[C@@]1(O)C(O)C(CO)OC1n1cnc2c(N3C=CCCC3)ncnc21. The van der Waals surface area contributed by atoms with Gasteiger partial charge in [0.2, 0.25) is 0 Å². The molecule has 2 aromatic heterocycles. The quantitative estimate of drug-likeness (QED) is 0.707. The molecule has 1 fully saturated rings. The Labute approximate surface area is 144 Å². The van der Waals surface area contributed by atoms with Crippen molar-refractivity contribution in [3.63, 3.8) is 0 Å². The summed E-state index contributed by atoms with van der Waals surface area (Å²) >= 11 is 0. The van der Waals surface area contributed by atoms with Crippen LogP contribution in [0.1, 0.15) is 26.0 Å². The molecule has 0 amide bonds. The summed E-state index contributed by atoms with van der Waals surface area (Å²) in [5.74, 6) is 0.691. The predicted octanol–water partition coefficient (Wildman–Crippen LogP) is -0.0582. The molecule has 2 aliphatic heterocycles. The van der Waals surface area contributed by atoms with E-state index in [-0.39, 0.29) is 6.61 Å². The third kappa shape index (κ3) is 2.51. The van der Waals surface area contributed by atoms with Crippen molar-refractivity contribution >= 4 is 17.0 Å². The molecule has 2 aromatic rings. The topological polar surface area (TPSA) is 117 Å². The number of anilines is 1. The monoisotopic (exact) mass is 347 g/mol. The summed E-state index contributed by atoms with van der Waals surface area (Å²) in [5.41, 5.74) is -0.493. The fraction of sp³-hybridized carbons (Fsp3) is 0.562. The zero-order chi connectivity index (χ0) is 17.6. The lowest BCUT2D eigenvalue weighted by atomic mass is 9.96. The van der Waals surface area contributed by atoms with Gasteiger partial charge in [0.25, 0.3) is 0 Å². The maximum atomic E-state index is 10.7. The first-order chi connectivity index (χ1) is 12.0. The Balaban J connectivity index is 1.77. The molecule has 3 N–H and O–H groups in total. The fourth-order valence-electron chi connectivity index (χ4n) is 3.44. The summed E-state index contributed by atoms with van der Waals surface area (Å²) in [5, 5.41) is 30.2. The number of aliphatic hydroxyl groups is 3. The highest BCUT2D eigenvalue weighted by Crippen LogP contribution is 2.39. The Morgan fingerprint density at radius 2 is 2.20 bits per heavy atom. The molecule has 9 heteroatoms. The zero-order valence-electron chi connectivity index (χ0n) is 13.9. The molecule has 0 bridgehead atoms. The summed E-state index contributed by atoms with van der Waals surface area (Å²) in [6, 6.07) is 0. The van der Waals surface area contributed by atoms with Crippen molar-refractivity contribution in [2.24, 2.45) is 0 Å². The lowest BCUT2D eigenvalue weighted by Crippen LogP contribution is -2.44. The summed E-state index contributed by atoms with van der Waals surface area (Å²) in [6.07, 6.45) is 6.11. The van der Waals surface area contributed by atoms with E-state index in [1.807, 2.05) is 11.1 Å². The summed E-state index contributed by atoms with van der Waals surface area (Å²) < 4.78 is 7.24. The maximum absolute atomic E-state index is 10.7. The van der Waals surface area contributed by atoms with Gasteiger partial charge >= 0.3 is 0 Å². The minimum Gasteiger partial charge on any atom is -0.394 e. The second-order valence-electron chi connectivity index (χ2n) is 6.62. The molecule has 9 nitrogen and oxygen atoms in total. The number of aliphatic hydroxyl groups excluding tert-OH is 2. The van der Waals surface area contributed by atoms with Crippen LogP contribution in [0.5, 0.6) is 0 Å². The van der Waals surface area contributed by atoms with Gasteiger partial charge in [0.15, 0.2) is 23.2 Å². The van der Waals surface area contributed by atoms with E-state index in [1.54, 1.807) is 4.57 Å². The minimum absolute atomic E-state index is 0.390. The van der Waals surface area contributed by atoms with Gasteiger partial charge in [0, 0.05) is 12.7 Å². The van der Waals surface area contributed by atoms with Crippen molar-refractivity contribution < 1.29 is 20.1 Å². The molecular formula is C16H21N5O4. The molecule has 0 spiro atoms. The number of aromatic nitrogens is 4. The van der Waals surface area contributed by atoms with Crippen molar-refractivity contribution in [1.82, 2.24) is 19.5 Å². The first-order valence-electron chi connectivity index (χ1n) is 8.31. The van der Waals surface area contributed by atoms with E-state index >= 15 is 0 Å². The normalized spacial score (nSPS) is 32.6. The number of fused-ring (bicyclic) bond motifs is 1. The van der Waals surface area contributed by atoms with E-state index in [0.717, 1.165) is 19.4 Å². The van der Waals surface area contributed by atoms with Crippen LogP contribution in [0, 0.1) is 0 Å². The smallest absolute Gasteiger partial charge is 0.168 e. The largest absolute Gasteiger partial charge is 0.394 e. The van der Waals surface area contributed by atoms with E-state index < -0.39 is 24.0 Å². The molecule has 4 heterocycles. The van der Waals surface area contributed by atoms with E-state index in [1.165, 1.54) is 19.6 Å². The van der Waals surface area contributed by atoms with Gasteiger partial charge in [-0.3, -0.25) is 4.57 Å². The van der Waals surface area contributed by atoms with Crippen LogP contribution >= 0.6 is 0 Å². The van der Waals surface area contributed by atoms with Crippen molar-refractivity contribution in [1.29, 1.82) is 0 Å². The average molecular weight is 347 g/mol. The number of nitrogens with zero attached hydrogens (tertiary/aromatic N) is 5. The van der Waals surface area contributed by atoms with Gasteiger partial charge in [-0.1, -0.05) is 6.08 Å². The number of imidazole rings is 1. The van der Waals surface area contributed by atoms with E-state index in [0.29, 0.717) is 17.0 Å². The van der Waals surface area contributed by atoms with Gasteiger partial charge in [0.05, 0.1) is 12.9 Å². The van der Waals surface area contributed by atoms with E-state index in [9.17, 15) is 15.3 Å². The van der Waals surface area contributed by atoms with Crippen LogP contribution < -0.4 is 4.90 Å². The molecule has 0 aliphatic carbocycles. The van der Waals surface area contributed by atoms with Crippen LogP contribution in [-0.4, -0.2) is 65.8 Å². The maximum Gasteiger partial charge on any atom is 0.168 e. The second kappa shape index (κ2) is 6.03. The average Bonchev–Trinajstić information content (AvgIpc) is 3.15. The Kier molecular flexibility index (Phi) is 3.95. The highest BCUT2D eigenvalue weighted by Gasteiger charge is 2.53. The molecule has 3 unspecified atom stereocenters. The van der Waals surface area contributed by atoms with Crippen molar-refractivity contribution in [2.45, 2.75) is 43.8 Å². The third-order valence-corrected chi connectivity index (χ3v) is 4.85. The lowest BCUT2D eigenvalue weighted by Gasteiger charge is -2.27. The van der Waals surface area contributed by atoms with Gasteiger partial charge in [-0.25, -0.2) is 15.0 Å². The van der Waals surface area contributed by atoms with E-state index in [4.69, 9.17) is 4.74 Å². The minimum atomic E-state index is -1.59. The summed E-state index contributed by atoms with van der Waals surface area (Å²) in [6.45, 7) is 1.93. The van der Waals surface area contributed by atoms with Gasteiger partial charge in [-0.15, -0.1) is 0 Å². The van der Waals surface area contributed by atoms with Gasteiger partial charge in [-0.2, -0.15) is 0 Å². The number of rotatable bonds is 3. The standard InChI is InChI=1S/C16H21N5O4/c1-16(24)12(23)10(7-22)25-15(16)21-9-19-11-13(17-8-18-14(11)21)20-5-3-2-4-6-20/h3,5,8-10,12,15,22-24H,2,4,6-7H2,1H3/t10?,12?,15?,16-/m1/s1. The zero-order valence-corrected chi connectivity index (χ0v) is 13.9. The van der Waals surface area contributed by atoms with Crippen LogP contribution in [0.2, 0.25) is 0 Å². The number of ether oxygens (including phenoxy) is 1. The Bertz CT molecular complexity index is 805. The number of allylic oxidation sites excluding steroid dienone is 1. The Morgan fingerprint density at radius 3 is 2.88 bits per heavy atom. The predicted molar refractivity (Wildman–Crippen MR) is 88.7 cm³/mol. The van der Waals surface area contributed by atoms with Gasteiger partial charge in [-0.05, 0) is 19.8 Å². The fourth-order valence-corrected chi connectivity index (χ4v) is 3.44. The highest BCUT2D eigenvalue weighted by atomic mass is 16.6. The molecular weight excluding hydrogens is 326 g/mol. The van der Waals surface area contributed by atoms with Gasteiger partial charge < -0.3 is 25.0 Å². The summed E-state index contributed by atoms with van der Waals surface area (Å²) in [4.78, 5) is 15.1. The molecule has 0 radical (unpaired) electrons. The van der Waals surface area contributed by atoms with Crippen molar-refractivity contribution in [2.75, 3.05) is 18.1 Å². The Morgan fingerprint density at radius 1 is 1.36 bits per heavy atom. The number of hydrogen-bond donors (Lipinski definition) is 3. The van der Waals surface area contributed by atoms with Crippen LogP contribution in [0.15, 0.2) is 24.9 Å². The number of hydrogen-bond acceptors (Lipinski definition) is 8. The Hall–Kier alpha value is -2.07. The lowest BCUT2D eigenvalue weighted by molar-refractivity contribution is -0.0950. The molecule has 1 saturated heterocycles. The molecule has 25 heavy (non-hydrogen) atoms. The van der Waals surface area contributed by atoms with Crippen LogP contribution in [-0.2, 0) is 4.74 Å². The van der Waals surface area contributed by atoms with Crippen LogP contribution in [0.3, 0.4) is 0 Å². The van der Waals surface area contributed by atoms with Gasteiger partial charge in [0.1, 0.15) is 24.1 Å². The molecule has 0 aromatic carbocycles. The third-order valence-electron chi connectivity index (χ3n) is 4.85. The first-order valence-corrected chi connectivity index (χ1v) is 8.31. The second-order valence-corrected chi connectivity index (χ2v) is 6.62. The van der Waals surface area contributed by atoms with Crippen molar-refractivity contribution in [3.05, 3.63) is 24.9 Å². The first kappa shape index (κ1) is 16.4. The molecule has 4 rings (SSSR count). The molecule has 134 valence electrons.